The highest BCUT2D eigenvalue weighted by molar-refractivity contribution is 7.92. The molecule has 0 radical (unpaired) electrons. The third-order valence-electron chi connectivity index (χ3n) is 6.22. The van der Waals surface area contributed by atoms with Gasteiger partial charge in [-0.05, 0) is 49.4 Å². The second kappa shape index (κ2) is 12.2. The van der Waals surface area contributed by atoms with E-state index in [-0.39, 0.29) is 18.5 Å². The minimum Gasteiger partial charge on any atom is -0.352 e. The number of hydrogen-bond donors (Lipinski definition) is 1. The molecule has 0 bridgehead atoms. The van der Waals surface area contributed by atoms with Crippen molar-refractivity contribution in [1.29, 1.82) is 0 Å². The molecule has 1 N–H and O–H groups in total. The molecule has 0 aliphatic rings. The first-order chi connectivity index (χ1) is 17.4. The van der Waals surface area contributed by atoms with Gasteiger partial charge in [0, 0.05) is 18.0 Å². The van der Waals surface area contributed by atoms with Crippen molar-refractivity contribution >= 4 is 61.5 Å². The summed E-state index contributed by atoms with van der Waals surface area (Å²) in [5, 5.41) is 5.12. The van der Waals surface area contributed by atoms with Crippen LogP contribution in [-0.4, -0.2) is 50.0 Å². The van der Waals surface area contributed by atoms with E-state index in [1.54, 1.807) is 37.3 Å². The molecule has 0 aromatic heterocycles. The van der Waals surface area contributed by atoms with Crippen molar-refractivity contribution in [3.8, 4) is 0 Å². The van der Waals surface area contributed by atoms with Crippen LogP contribution >= 0.6 is 23.2 Å². The molecule has 37 heavy (non-hydrogen) atoms. The van der Waals surface area contributed by atoms with Crippen LogP contribution in [0.25, 0.3) is 10.8 Å². The summed E-state index contributed by atoms with van der Waals surface area (Å²) in [7, 11) is -3.85. The minimum atomic E-state index is -3.85. The predicted octanol–water partition coefficient (Wildman–Crippen LogP) is 5.24. The standard InChI is InChI=1S/C27H31Cl2N3O4S/c1-5-18(2)30-27(34)19(3)31(16-20-13-14-23(28)24(29)15-20)26(33)17-32(37(4,35)36)25-12-8-10-21-9-6-7-11-22(21)25/h6-15,18-19H,5,16-17H2,1-4H3,(H,30,34)/t18-,19-/m0/s1. The average Bonchev–Trinajstić information content (AvgIpc) is 2.86. The van der Waals surface area contributed by atoms with E-state index >= 15 is 0 Å². The van der Waals surface area contributed by atoms with Gasteiger partial charge in [0.25, 0.3) is 0 Å². The third kappa shape index (κ3) is 7.15. The van der Waals surface area contributed by atoms with E-state index in [1.165, 1.54) is 4.90 Å². The number of fused-ring (bicyclic) bond motifs is 1. The van der Waals surface area contributed by atoms with E-state index in [0.29, 0.717) is 26.7 Å². The van der Waals surface area contributed by atoms with Gasteiger partial charge in [0.2, 0.25) is 21.8 Å². The summed E-state index contributed by atoms with van der Waals surface area (Å²) in [5.41, 5.74) is 1.04. The number of anilines is 1. The Morgan fingerprint density at radius 1 is 0.973 bits per heavy atom. The van der Waals surface area contributed by atoms with E-state index in [2.05, 4.69) is 5.32 Å². The van der Waals surface area contributed by atoms with Crippen LogP contribution < -0.4 is 9.62 Å². The summed E-state index contributed by atoms with van der Waals surface area (Å²) in [6.07, 6.45) is 1.78. The fraction of sp³-hybridized carbons (Fsp3) is 0.333. The molecule has 0 aliphatic carbocycles. The van der Waals surface area contributed by atoms with Crippen molar-refractivity contribution in [2.75, 3.05) is 17.1 Å². The molecule has 7 nitrogen and oxygen atoms in total. The number of carbonyl (C=O) groups excluding carboxylic acids is 2. The van der Waals surface area contributed by atoms with Crippen LogP contribution in [0, 0.1) is 0 Å². The lowest BCUT2D eigenvalue weighted by atomic mass is 10.1. The molecule has 0 aliphatic heterocycles. The van der Waals surface area contributed by atoms with E-state index in [0.717, 1.165) is 22.4 Å². The topological polar surface area (TPSA) is 86.8 Å². The summed E-state index contributed by atoms with van der Waals surface area (Å²) >= 11 is 12.2. The van der Waals surface area contributed by atoms with Gasteiger partial charge in [0.15, 0.2) is 0 Å². The number of benzene rings is 3. The van der Waals surface area contributed by atoms with Crippen LogP contribution in [0.5, 0.6) is 0 Å². The highest BCUT2D eigenvalue weighted by Gasteiger charge is 2.31. The second-order valence-electron chi connectivity index (χ2n) is 9.03. The Morgan fingerprint density at radius 2 is 1.65 bits per heavy atom. The van der Waals surface area contributed by atoms with Crippen molar-refractivity contribution in [1.82, 2.24) is 10.2 Å². The number of halogens is 2. The molecule has 0 unspecified atom stereocenters. The van der Waals surface area contributed by atoms with Crippen LogP contribution in [0.4, 0.5) is 5.69 Å². The number of carbonyl (C=O) groups is 2. The van der Waals surface area contributed by atoms with Crippen molar-refractivity contribution in [3.05, 3.63) is 76.3 Å². The number of hydrogen-bond acceptors (Lipinski definition) is 4. The zero-order valence-electron chi connectivity index (χ0n) is 21.2. The SMILES string of the molecule is CC[C@H](C)NC(=O)[C@H](C)N(Cc1ccc(Cl)c(Cl)c1)C(=O)CN(c1cccc2ccccc12)S(C)(=O)=O. The molecule has 10 heteroatoms. The first-order valence-electron chi connectivity index (χ1n) is 11.9. The molecule has 3 aromatic rings. The number of sulfonamides is 1. The van der Waals surface area contributed by atoms with Gasteiger partial charge in [0.1, 0.15) is 12.6 Å². The zero-order valence-corrected chi connectivity index (χ0v) is 23.6. The molecule has 3 aromatic carbocycles. The molecule has 2 amide bonds. The van der Waals surface area contributed by atoms with E-state index < -0.39 is 28.5 Å². The quantitative estimate of drug-likeness (QED) is 0.365. The molecule has 0 fully saturated rings. The van der Waals surface area contributed by atoms with Gasteiger partial charge in [-0.25, -0.2) is 8.42 Å². The molecule has 198 valence electrons. The smallest absolute Gasteiger partial charge is 0.244 e. The Balaban J connectivity index is 2.00. The minimum absolute atomic E-state index is 0.0396. The number of nitrogens with zero attached hydrogens (tertiary/aromatic N) is 2. The molecular weight excluding hydrogens is 533 g/mol. The van der Waals surface area contributed by atoms with E-state index in [9.17, 15) is 18.0 Å². The van der Waals surface area contributed by atoms with Crippen molar-refractivity contribution in [2.45, 2.75) is 45.8 Å². The average molecular weight is 565 g/mol. The maximum Gasteiger partial charge on any atom is 0.244 e. The summed E-state index contributed by atoms with van der Waals surface area (Å²) < 4.78 is 26.9. The molecule has 3 rings (SSSR count). The Kier molecular flexibility index (Phi) is 9.45. The lowest BCUT2D eigenvalue weighted by molar-refractivity contribution is -0.139. The molecular formula is C27H31Cl2N3O4S. The highest BCUT2D eigenvalue weighted by Crippen LogP contribution is 2.29. The fourth-order valence-electron chi connectivity index (χ4n) is 3.90. The molecule has 0 heterocycles. The highest BCUT2D eigenvalue weighted by atomic mass is 35.5. The van der Waals surface area contributed by atoms with Gasteiger partial charge in [-0.3, -0.25) is 13.9 Å². The number of nitrogens with one attached hydrogen (secondary N) is 1. The Hall–Kier alpha value is -2.81. The van der Waals surface area contributed by atoms with Crippen LogP contribution in [0.15, 0.2) is 60.7 Å². The van der Waals surface area contributed by atoms with Gasteiger partial charge in [-0.2, -0.15) is 0 Å². The van der Waals surface area contributed by atoms with Crippen LogP contribution in [0.3, 0.4) is 0 Å². The van der Waals surface area contributed by atoms with Gasteiger partial charge >= 0.3 is 0 Å². The summed E-state index contributed by atoms with van der Waals surface area (Å²) in [4.78, 5) is 28.1. The zero-order chi connectivity index (χ0) is 27.3. The Bertz CT molecular complexity index is 1390. The lowest BCUT2D eigenvalue weighted by Gasteiger charge is -2.32. The first-order valence-corrected chi connectivity index (χ1v) is 14.5. The van der Waals surface area contributed by atoms with E-state index in [1.807, 2.05) is 44.2 Å². The van der Waals surface area contributed by atoms with Crippen LogP contribution in [-0.2, 0) is 26.2 Å². The lowest BCUT2D eigenvalue weighted by Crippen LogP contribution is -2.52. The van der Waals surface area contributed by atoms with Crippen molar-refractivity contribution in [3.63, 3.8) is 0 Å². The van der Waals surface area contributed by atoms with Gasteiger partial charge in [-0.1, -0.05) is 72.6 Å². The number of amides is 2. The van der Waals surface area contributed by atoms with Crippen molar-refractivity contribution < 1.29 is 18.0 Å². The van der Waals surface area contributed by atoms with Crippen molar-refractivity contribution in [2.24, 2.45) is 0 Å². The van der Waals surface area contributed by atoms with Crippen LogP contribution in [0.1, 0.15) is 32.8 Å². The largest absolute Gasteiger partial charge is 0.352 e. The Morgan fingerprint density at radius 3 is 2.30 bits per heavy atom. The molecule has 0 saturated carbocycles. The number of rotatable bonds is 10. The molecule has 0 saturated heterocycles. The predicted molar refractivity (Wildman–Crippen MR) is 151 cm³/mol. The fourth-order valence-corrected chi connectivity index (χ4v) is 5.09. The maximum absolute atomic E-state index is 13.7. The maximum atomic E-state index is 13.7. The van der Waals surface area contributed by atoms with Crippen LogP contribution in [0.2, 0.25) is 10.0 Å². The summed E-state index contributed by atoms with van der Waals surface area (Å²) in [6, 6.07) is 16.6. The monoisotopic (exact) mass is 563 g/mol. The van der Waals surface area contributed by atoms with Gasteiger partial charge in [-0.15, -0.1) is 0 Å². The molecule has 2 atom stereocenters. The first kappa shape index (κ1) is 28.8. The van der Waals surface area contributed by atoms with Gasteiger partial charge in [0.05, 0.1) is 22.0 Å². The Labute approximate surface area is 228 Å². The summed E-state index contributed by atoms with van der Waals surface area (Å²) in [6.45, 7) is 5.01. The summed E-state index contributed by atoms with van der Waals surface area (Å²) in [5.74, 6) is -0.866. The normalized spacial score (nSPS) is 13.1. The van der Waals surface area contributed by atoms with Gasteiger partial charge < -0.3 is 10.2 Å². The third-order valence-corrected chi connectivity index (χ3v) is 8.09. The molecule has 0 spiro atoms. The van der Waals surface area contributed by atoms with E-state index in [4.69, 9.17) is 23.2 Å². The second-order valence-corrected chi connectivity index (χ2v) is 11.8.